The molecule has 0 saturated heterocycles. The maximum Gasteiger partial charge on any atom is 0.412 e. The summed E-state index contributed by atoms with van der Waals surface area (Å²) >= 11 is 6.19. The fraction of sp³-hybridized carbons (Fsp3) is 0.172. The molecule has 2 amide bonds. The van der Waals surface area contributed by atoms with Gasteiger partial charge < -0.3 is 19.7 Å². The summed E-state index contributed by atoms with van der Waals surface area (Å²) in [5, 5.41) is 19.1. The van der Waals surface area contributed by atoms with Crippen LogP contribution in [0.25, 0.3) is 11.3 Å². The number of nitrogens with one attached hydrogen (secondary N) is 2. The van der Waals surface area contributed by atoms with Crippen LogP contribution in [0.2, 0.25) is 5.02 Å². The van der Waals surface area contributed by atoms with Crippen LogP contribution in [-0.4, -0.2) is 34.3 Å². The van der Waals surface area contributed by atoms with Gasteiger partial charge in [0.05, 0.1) is 0 Å². The molecule has 4 aromatic rings. The number of aromatic nitrogens is 1. The number of aliphatic carboxylic acids is 1. The molecule has 0 spiro atoms. The number of ether oxygens (including phenoxy) is 1. The summed E-state index contributed by atoms with van der Waals surface area (Å²) in [7, 11) is 0. The van der Waals surface area contributed by atoms with Crippen LogP contribution in [0, 0.1) is 12.7 Å². The van der Waals surface area contributed by atoms with Crippen molar-refractivity contribution < 1.29 is 33.1 Å². The summed E-state index contributed by atoms with van der Waals surface area (Å²) in [5.41, 5.74) is 2.62. The van der Waals surface area contributed by atoms with Gasteiger partial charge in [-0.05, 0) is 49.7 Å². The third-order valence-corrected chi connectivity index (χ3v) is 6.43. The van der Waals surface area contributed by atoms with Gasteiger partial charge in [0.1, 0.15) is 29.3 Å². The van der Waals surface area contributed by atoms with E-state index < -0.39 is 35.9 Å². The van der Waals surface area contributed by atoms with E-state index in [0.29, 0.717) is 33.1 Å². The molecular weight excluding hydrogens is 541 g/mol. The summed E-state index contributed by atoms with van der Waals surface area (Å²) in [4.78, 5) is 37.1. The minimum atomic E-state index is -1.22. The molecule has 2 atom stereocenters. The number of hydrogen-bond acceptors (Lipinski definition) is 6. The number of carboxylic acids is 1. The van der Waals surface area contributed by atoms with Gasteiger partial charge in [-0.1, -0.05) is 59.2 Å². The van der Waals surface area contributed by atoms with Gasteiger partial charge in [-0.2, -0.15) is 0 Å². The lowest BCUT2D eigenvalue weighted by atomic mass is 10.0. The average Bonchev–Trinajstić information content (AvgIpc) is 3.29. The van der Waals surface area contributed by atoms with Crippen LogP contribution in [0.5, 0.6) is 0 Å². The van der Waals surface area contributed by atoms with E-state index in [1.807, 2.05) is 0 Å². The van der Waals surface area contributed by atoms with E-state index in [1.165, 1.54) is 36.4 Å². The molecule has 0 fully saturated rings. The molecule has 0 radical (unpaired) electrons. The first-order valence-corrected chi connectivity index (χ1v) is 12.6. The van der Waals surface area contributed by atoms with Gasteiger partial charge in [-0.3, -0.25) is 10.1 Å². The predicted molar refractivity (Wildman–Crippen MR) is 146 cm³/mol. The van der Waals surface area contributed by atoms with E-state index in [-0.39, 0.29) is 17.7 Å². The van der Waals surface area contributed by atoms with Crippen LogP contribution in [0.15, 0.2) is 77.3 Å². The molecule has 40 heavy (non-hydrogen) atoms. The van der Waals surface area contributed by atoms with Crippen molar-refractivity contribution in [1.29, 1.82) is 0 Å². The topological polar surface area (TPSA) is 131 Å². The second-order valence-corrected chi connectivity index (χ2v) is 9.35. The maximum absolute atomic E-state index is 13.2. The Morgan fingerprint density at radius 2 is 1.73 bits per heavy atom. The van der Waals surface area contributed by atoms with E-state index >= 15 is 0 Å². The quantitative estimate of drug-likeness (QED) is 0.221. The van der Waals surface area contributed by atoms with Gasteiger partial charge in [0, 0.05) is 28.1 Å². The molecule has 0 unspecified atom stereocenters. The largest absolute Gasteiger partial charge is 0.480 e. The highest BCUT2D eigenvalue weighted by Gasteiger charge is 2.23. The molecule has 1 aromatic heterocycles. The Bertz CT molecular complexity index is 1520. The number of anilines is 1. The van der Waals surface area contributed by atoms with Crippen molar-refractivity contribution in [3.05, 3.63) is 106 Å². The van der Waals surface area contributed by atoms with Crippen molar-refractivity contribution in [3.8, 4) is 11.3 Å². The normalized spacial score (nSPS) is 12.3. The number of hydrogen-bond donors (Lipinski definition) is 3. The average molecular weight is 566 g/mol. The number of nitrogens with zero attached hydrogens (tertiary/aromatic N) is 1. The zero-order chi connectivity index (χ0) is 28.8. The summed E-state index contributed by atoms with van der Waals surface area (Å²) in [6.07, 6.45) is -1.37. The number of carbonyl (C=O) groups excluding carboxylic acids is 2. The number of aryl methyl sites for hydroxylation is 1. The van der Waals surface area contributed by atoms with Crippen LogP contribution < -0.4 is 10.6 Å². The lowest BCUT2D eigenvalue weighted by molar-refractivity contribution is -0.139. The zero-order valence-corrected chi connectivity index (χ0v) is 22.2. The smallest absolute Gasteiger partial charge is 0.412 e. The molecule has 3 N–H and O–H groups in total. The second-order valence-electron chi connectivity index (χ2n) is 8.94. The SMILES string of the molecule is Cc1noc(-c2ccc(C(=O)N[C@H](Cc3ccc(F)cc3)C(=O)O)cc2)c1NC(=O)O[C@H](C)c1ccccc1Cl. The fourth-order valence-corrected chi connectivity index (χ4v) is 4.23. The Labute approximate surface area is 233 Å². The third-order valence-electron chi connectivity index (χ3n) is 6.08. The summed E-state index contributed by atoms with van der Waals surface area (Å²) in [5.74, 6) is -2.03. The molecule has 0 aliphatic heterocycles. The van der Waals surface area contributed by atoms with Crippen LogP contribution in [0.3, 0.4) is 0 Å². The maximum atomic E-state index is 13.2. The van der Waals surface area contributed by atoms with Gasteiger partial charge >= 0.3 is 12.1 Å². The molecule has 0 aliphatic carbocycles. The molecule has 206 valence electrons. The Morgan fingerprint density at radius 1 is 1.05 bits per heavy atom. The number of rotatable bonds is 9. The van der Waals surface area contributed by atoms with Gasteiger partial charge in [-0.15, -0.1) is 0 Å². The highest BCUT2D eigenvalue weighted by atomic mass is 35.5. The van der Waals surface area contributed by atoms with Crippen molar-refractivity contribution in [1.82, 2.24) is 10.5 Å². The Balaban J connectivity index is 1.43. The number of carbonyl (C=O) groups is 3. The van der Waals surface area contributed by atoms with E-state index in [0.717, 1.165) is 0 Å². The minimum Gasteiger partial charge on any atom is -0.480 e. The van der Waals surface area contributed by atoms with Crippen molar-refractivity contribution in [2.45, 2.75) is 32.4 Å². The molecule has 3 aromatic carbocycles. The number of amides is 2. The standard InChI is InChI=1S/C29H25ClFN3O6/c1-16-25(33-29(38)39-17(2)22-5-3-4-6-23(22)30)26(40-34-16)19-9-11-20(12-10-19)27(35)32-24(28(36)37)15-18-7-13-21(31)14-8-18/h3-14,17,24H,15H2,1-2H3,(H,32,35)(H,33,38)(H,36,37)/t17-,24-/m1/s1. The third kappa shape index (κ3) is 6.83. The Hall–Kier alpha value is -4.70. The number of benzene rings is 3. The molecule has 0 aliphatic rings. The number of carboxylic acid groups (broad SMARTS) is 1. The Kier molecular flexibility index (Phi) is 8.80. The van der Waals surface area contributed by atoms with Crippen molar-refractivity contribution in [3.63, 3.8) is 0 Å². The summed E-state index contributed by atoms with van der Waals surface area (Å²) in [6, 6.07) is 17.3. The molecule has 0 saturated carbocycles. The van der Waals surface area contributed by atoms with Gasteiger partial charge in [0.25, 0.3) is 5.91 Å². The van der Waals surface area contributed by atoms with Gasteiger partial charge in [-0.25, -0.2) is 14.0 Å². The van der Waals surface area contributed by atoms with Crippen molar-refractivity contribution in [2.75, 3.05) is 5.32 Å². The van der Waals surface area contributed by atoms with Crippen LogP contribution >= 0.6 is 11.6 Å². The van der Waals surface area contributed by atoms with Crippen LogP contribution in [0.4, 0.5) is 14.9 Å². The lowest BCUT2D eigenvalue weighted by Crippen LogP contribution is -2.42. The fourth-order valence-electron chi connectivity index (χ4n) is 3.95. The minimum absolute atomic E-state index is 0.0169. The first-order valence-electron chi connectivity index (χ1n) is 12.2. The molecular formula is C29H25ClFN3O6. The number of halogens is 2. The van der Waals surface area contributed by atoms with E-state index in [2.05, 4.69) is 15.8 Å². The molecule has 4 rings (SSSR count). The molecule has 11 heteroatoms. The summed E-state index contributed by atoms with van der Waals surface area (Å²) < 4.78 is 24.0. The van der Waals surface area contributed by atoms with Crippen LogP contribution in [-0.2, 0) is 16.0 Å². The lowest BCUT2D eigenvalue weighted by Gasteiger charge is -2.15. The monoisotopic (exact) mass is 565 g/mol. The highest BCUT2D eigenvalue weighted by Crippen LogP contribution is 2.32. The molecule has 9 nitrogen and oxygen atoms in total. The summed E-state index contributed by atoms with van der Waals surface area (Å²) in [6.45, 7) is 3.34. The second kappa shape index (κ2) is 12.4. The molecule has 1 heterocycles. The van der Waals surface area contributed by atoms with Gasteiger partial charge in [0.2, 0.25) is 0 Å². The predicted octanol–water partition coefficient (Wildman–Crippen LogP) is 6.18. The van der Waals surface area contributed by atoms with Crippen LogP contribution in [0.1, 0.15) is 40.2 Å². The zero-order valence-electron chi connectivity index (χ0n) is 21.5. The van der Waals surface area contributed by atoms with E-state index in [9.17, 15) is 23.9 Å². The Morgan fingerprint density at radius 3 is 2.38 bits per heavy atom. The van der Waals surface area contributed by atoms with Crippen molar-refractivity contribution in [2.24, 2.45) is 0 Å². The van der Waals surface area contributed by atoms with E-state index in [4.69, 9.17) is 20.9 Å². The molecule has 0 bridgehead atoms. The van der Waals surface area contributed by atoms with Gasteiger partial charge in [0.15, 0.2) is 5.76 Å². The first kappa shape index (κ1) is 28.3. The van der Waals surface area contributed by atoms with E-state index in [1.54, 1.807) is 50.2 Å². The first-order chi connectivity index (χ1) is 19.1. The highest BCUT2D eigenvalue weighted by molar-refractivity contribution is 6.31. The van der Waals surface area contributed by atoms with Crippen molar-refractivity contribution >= 4 is 35.3 Å².